The number of ketones is 1. The Bertz CT molecular complexity index is 527. The molecule has 1 N–H and O–H groups in total. The Morgan fingerprint density at radius 1 is 1.18 bits per heavy atom. The average Bonchev–Trinajstić information content (AvgIpc) is 2.39. The number of carbonyl (C=O) groups is 1. The summed E-state index contributed by atoms with van der Waals surface area (Å²) in [4.78, 5) is 12.1. The summed E-state index contributed by atoms with van der Waals surface area (Å²) in [6.45, 7) is 1.84. The monoisotopic (exact) mass is 228 g/mol. The second kappa shape index (κ2) is 5.11. The lowest BCUT2D eigenvalue weighted by Crippen LogP contribution is -2.17. The first-order valence-electron chi connectivity index (χ1n) is 5.90. The van der Waals surface area contributed by atoms with Crippen molar-refractivity contribution >= 4 is 16.6 Å². The third-order valence-electron chi connectivity index (χ3n) is 3.12. The maximum absolute atomic E-state index is 12.1. The first-order valence-corrected chi connectivity index (χ1v) is 5.90. The van der Waals surface area contributed by atoms with Crippen molar-refractivity contribution in [1.29, 1.82) is 0 Å². The van der Waals surface area contributed by atoms with E-state index in [9.17, 15) is 4.79 Å². The van der Waals surface area contributed by atoms with Crippen LogP contribution in [0.3, 0.4) is 0 Å². The van der Waals surface area contributed by atoms with Crippen LogP contribution in [0.1, 0.15) is 23.7 Å². The molecule has 0 saturated heterocycles. The molecule has 0 bridgehead atoms. The highest BCUT2D eigenvalue weighted by Crippen LogP contribution is 2.19. The molecule has 0 aliphatic heterocycles. The molecule has 17 heavy (non-hydrogen) atoms. The Balaban J connectivity index is 2.39. The molecule has 0 spiro atoms. The van der Waals surface area contributed by atoms with Crippen molar-refractivity contribution in [3.8, 4) is 0 Å². The van der Waals surface area contributed by atoms with Gasteiger partial charge in [0, 0.05) is 11.5 Å². The standard InChI is InChI=1S/C15H16O2/c1-2-11(10-16)15(17)14-8-7-12-5-3-4-6-13(12)9-14/h3-9,11,16H,2,10H2,1H3. The van der Waals surface area contributed by atoms with Gasteiger partial charge < -0.3 is 5.11 Å². The molecule has 0 aliphatic rings. The lowest BCUT2D eigenvalue weighted by atomic mass is 9.94. The molecule has 1 atom stereocenters. The fraction of sp³-hybridized carbons (Fsp3) is 0.267. The average molecular weight is 228 g/mol. The van der Waals surface area contributed by atoms with Crippen molar-refractivity contribution in [2.24, 2.45) is 5.92 Å². The van der Waals surface area contributed by atoms with Crippen LogP contribution >= 0.6 is 0 Å². The third kappa shape index (κ3) is 2.37. The van der Waals surface area contributed by atoms with Crippen LogP contribution in [0.15, 0.2) is 42.5 Å². The van der Waals surface area contributed by atoms with Gasteiger partial charge in [0.25, 0.3) is 0 Å². The molecule has 2 heteroatoms. The third-order valence-corrected chi connectivity index (χ3v) is 3.12. The lowest BCUT2D eigenvalue weighted by Gasteiger charge is -2.10. The molecule has 0 heterocycles. The summed E-state index contributed by atoms with van der Waals surface area (Å²) in [6, 6.07) is 13.6. The van der Waals surface area contributed by atoms with Gasteiger partial charge in [-0.1, -0.05) is 43.3 Å². The SMILES string of the molecule is CCC(CO)C(=O)c1ccc2ccccc2c1. The largest absolute Gasteiger partial charge is 0.396 e. The number of Topliss-reactive ketones (excluding diaryl/α,β-unsaturated/α-hetero) is 1. The van der Waals surface area contributed by atoms with Gasteiger partial charge in [-0.25, -0.2) is 0 Å². The van der Waals surface area contributed by atoms with Crippen LogP contribution in [0.25, 0.3) is 10.8 Å². The predicted octanol–water partition coefficient (Wildman–Crippen LogP) is 3.04. The van der Waals surface area contributed by atoms with E-state index in [4.69, 9.17) is 5.11 Å². The Hall–Kier alpha value is -1.67. The highest BCUT2D eigenvalue weighted by molar-refractivity contribution is 6.01. The first-order chi connectivity index (χ1) is 8.26. The molecule has 0 fully saturated rings. The maximum atomic E-state index is 12.1. The first kappa shape index (κ1) is 11.8. The van der Waals surface area contributed by atoms with E-state index < -0.39 is 0 Å². The Labute approximate surface area is 101 Å². The molecule has 88 valence electrons. The second-order valence-corrected chi connectivity index (χ2v) is 4.21. The topological polar surface area (TPSA) is 37.3 Å². The van der Waals surface area contributed by atoms with Gasteiger partial charge in [-0.05, 0) is 23.3 Å². The molecular weight excluding hydrogens is 212 g/mol. The van der Waals surface area contributed by atoms with Crippen LogP contribution < -0.4 is 0 Å². The van der Waals surface area contributed by atoms with Gasteiger partial charge in [0.15, 0.2) is 5.78 Å². The molecule has 0 aromatic heterocycles. The van der Waals surface area contributed by atoms with E-state index in [0.717, 1.165) is 10.8 Å². The number of carbonyl (C=O) groups excluding carboxylic acids is 1. The quantitative estimate of drug-likeness (QED) is 0.817. The van der Waals surface area contributed by atoms with Gasteiger partial charge in [-0.2, -0.15) is 0 Å². The van der Waals surface area contributed by atoms with E-state index in [-0.39, 0.29) is 18.3 Å². The lowest BCUT2D eigenvalue weighted by molar-refractivity contribution is 0.0856. The van der Waals surface area contributed by atoms with Crippen LogP contribution in [-0.2, 0) is 0 Å². The summed E-state index contributed by atoms with van der Waals surface area (Å²) in [5, 5.41) is 11.3. The van der Waals surface area contributed by atoms with Crippen molar-refractivity contribution in [1.82, 2.24) is 0 Å². The number of benzene rings is 2. The van der Waals surface area contributed by atoms with E-state index in [0.29, 0.717) is 12.0 Å². The zero-order valence-corrected chi connectivity index (χ0v) is 9.89. The van der Waals surface area contributed by atoms with Crippen molar-refractivity contribution in [3.63, 3.8) is 0 Å². The normalized spacial score (nSPS) is 12.6. The highest BCUT2D eigenvalue weighted by Gasteiger charge is 2.17. The van der Waals surface area contributed by atoms with Crippen LogP contribution in [0.4, 0.5) is 0 Å². The van der Waals surface area contributed by atoms with Crippen molar-refractivity contribution in [2.45, 2.75) is 13.3 Å². The minimum Gasteiger partial charge on any atom is -0.396 e. The van der Waals surface area contributed by atoms with E-state index in [2.05, 4.69) is 0 Å². The molecular formula is C15H16O2. The molecule has 1 unspecified atom stereocenters. The predicted molar refractivity (Wildman–Crippen MR) is 69.1 cm³/mol. The number of hydrogen-bond acceptors (Lipinski definition) is 2. The zero-order chi connectivity index (χ0) is 12.3. The summed E-state index contributed by atoms with van der Waals surface area (Å²) in [5.41, 5.74) is 0.685. The van der Waals surface area contributed by atoms with E-state index in [1.165, 1.54) is 0 Å². The van der Waals surface area contributed by atoms with Gasteiger partial charge >= 0.3 is 0 Å². The smallest absolute Gasteiger partial charge is 0.168 e. The summed E-state index contributed by atoms with van der Waals surface area (Å²) in [6.07, 6.45) is 0.669. The molecule has 0 amide bonds. The minimum absolute atomic E-state index is 0.0285. The van der Waals surface area contributed by atoms with Gasteiger partial charge in [-0.15, -0.1) is 0 Å². The molecule has 2 nitrogen and oxygen atoms in total. The number of aliphatic hydroxyl groups is 1. The van der Waals surface area contributed by atoms with Crippen molar-refractivity contribution in [3.05, 3.63) is 48.0 Å². The second-order valence-electron chi connectivity index (χ2n) is 4.21. The summed E-state index contributed by atoms with van der Waals surface area (Å²) >= 11 is 0. The zero-order valence-electron chi connectivity index (χ0n) is 9.89. The van der Waals surface area contributed by atoms with Crippen LogP contribution in [0.2, 0.25) is 0 Å². The molecule has 2 rings (SSSR count). The number of aliphatic hydroxyl groups excluding tert-OH is 1. The summed E-state index contributed by atoms with van der Waals surface area (Å²) in [7, 11) is 0. The minimum atomic E-state index is -0.281. The van der Waals surface area contributed by atoms with Crippen LogP contribution in [-0.4, -0.2) is 17.5 Å². The van der Waals surface area contributed by atoms with Crippen LogP contribution in [0.5, 0.6) is 0 Å². The van der Waals surface area contributed by atoms with Gasteiger partial charge in [0.05, 0.1) is 6.61 Å². The Morgan fingerprint density at radius 3 is 2.53 bits per heavy atom. The van der Waals surface area contributed by atoms with Crippen molar-refractivity contribution in [2.75, 3.05) is 6.61 Å². The molecule has 0 aliphatic carbocycles. The molecule has 2 aromatic carbocycles. The maximum Gasteiger partial charge on any atom is 0.168 e. The number of fused-ring (bicyclic) bond motifs is 1. The van der Waals surface area contributed by atoms with E-state index >= 15 is 0 Å². The molecule has 0 radical (unpaired) electrons. The Kier molecular flexibility index (Phi) is 3.55. The summed E-state index contributed by atoms with van der Waals surface area (Å²) in [5.74, 6) is -0.253. The summed E-state index contributed by atoms with van der Waals surface area (Å²) < 4.78 is 0. The Morgan fingerprint density at radius 2 is 1.88 bits per heavy atom. The number of rotatable bonds is 4. The van der Waals surface area contributed by atoms with Gasteiger partial charge in [0.2, 0.25) is 0 Å². The highest BCUT2D eigenvalue weighted by atomic mass is 16.3. The van der Waals surface area contributed by atoms with E-state index in [1.54, 1.807) is 0 Å². The fourth-order valence-electron chi connectivity index (χ4n) is 1.98. The van der Waals surface area contributed by atoms with Gasteiger partial charge in [0.1, 0.15) is 0 Å². The van der Waals surface area contributed by atoms with Crippen LogP contribution in [0, 0.1) is 5.92 Å². The van der Waals surface area contributed by atoms with Gasteiger partial charge in [-0.3, -0.25) is 4.79 Å². The number of hydrogen-bond donors (Lipinski definition) is 1. The molecule has 0 saturated carbocycles. The van der Waals surface area contributed by atoms with Crippen molar-refractivity contribution < 1.29 is 9.90 Å². The van der Waals surface area contributed by atoms with E-state index in [1.807, 2.05) is 49.4 Å². The molecule has 2 aromatic rings. The fourth-order valence-corrected chi connectivity index (χ4v) is 1.98.